The number of pyridine rings is 1. The number of halogens is 2. The van der Waals surface area contributed by atoms with Gasteiger partial charge in [0.2, 0.25) is 0 Å². The third-order valence-electron chi connectivity index (χ3n) is 3.40. The highest BCUT2D eigenvalue weighted by molar-refractivity contribution is 6.08. The Labute approximate surface area is 131 Å². The molecule has 3 aromatic rings. The van der Waals surface area contributed by atoms with Crippen molar-refractivity contribution in [3.8, 4) is 0 Å². The number of hydrogen-bond acceptors (Lipinski definition) is 2. The molecule has 0 unspecified atom stereocenters. The summed E-state index contributed by atoms with van der Waals surface area (Å²) in [5.74, 6) is 0. The van der Waals surface area contributed by atoms with Crippen molar-refractivity contribution in [3.05, 3.63) is 41.6 Å². The van der Waals surface area contributed by atoms with Crippen LogP contribution in [-0.4, -0.2) is 16.1 Å². The van der Waals surface area contributed by atoms with E-state index in [1.54, 1.807) is 0 Å². The van der Waals surface area contributed by atoms with E-state index in [0.29, 0.717) is 6.54 Å². The molecule has 1 aromatic carbocycles. The first-order chi connectivity index (χ1) is 8.72. The van der Waals surface area contributed by atoms with Gasteiger partial charge < -0.3 is 10.3 Å². The van der Waals surface area contributed by atoms with E-state index < -0.39 is 0 Å². The number of nitrogens with zero attached hydrogens (tertiary/aromatic N) is 2. The van der Waals surface area contributed by atoms with Gasteiger partial charge >= 0.3 is 0 Å². The van der Waals surface area contributed by atoms with E-state index in [-0.39, 0.29) is 24.8 Å². The third kappa shape index (κ3) is 2.49. The van der Waals surface area contributed by atoms with Gasteiger partial charge in [-0.25, -0.2) is 4.98 Å². The average Bonchev–Trinajstić information content (AvgIpc) is 2.65. The Balaban J connectivity index is 0.000001000. The van der Waals surface area contributed by atoms with Crippen LogP contribution in [0.4, 0.5) is 0 Å². The zero-order valence-electron chi connectivity index (χ0n) is 11.6. The standard InChI is InChI=1S/C15H17N3.2ClH/c1-10-9-11(2)17-15-14(10)12-5-3-4-6-13(12)18(15)8-7-16;;/h3-6,9H,7-8,16H2,1-2H3;2*1H. The number of nitrogens with two attached hydrogens (primary N) is 1. The lowest BCUT2D eigenvalue weighted by Crippen LogP contribution is -2.10. The molecule has 0 saturated heterocycles. The molecule has 3 nitrogen and oxygen atoms in total. The maximum absolute atomic E-state index is 5.73. The molecule has 0 bridgehead atoms. The fraction of sp³-hybridized carbons (Fsp3) is 0.267. The number of aryl methyl sites for hydroxylation is 2. The Morgan fingerprint density at radius 2 is 1.85 bits per heavy atom. The lowest BCUT2D eigenvalue weighted by Gasteiger charge is -2.05. The molecule has 0 aliphatic rings. The Kier molecular flexibility index (Phi) is 5.40. The second-order valence-electron chi connectivity index (χ2n) is 4.74. The van der Waals surface area contributed by atoms with Gasteiger partial charge in [-0.1, -0.05) is 18.2 Å². The van der Waals surface area contributed by atoms with Crippen LogP contribution >= 0.6 is 24.8 Å². The maximum atomic E-state index is 5.73. The van der Waals surface area contributed by atoms with Crippen LogP contribution in [0.3, 0.4) is 0 Å². The minimum Gasteiger partial charge on any atom is -0.329 e. The second kappa shape index (κ2) is 6.44. The lowest BCUT2D eigenvalue weighted by molar-refractivity contribution is 0.749. The molecule has 0 spiro atoms. The van der Waals surface area contributed by atoms with Crippen molar-refractivity contribution < 1.29 is 0 Å². The first kappa shape index (κ1) is 16.8. The highest BCUT2D eigenvalue weighted by atomic mass is 35.5. The van der Waals surface area contributed by atoms with Crippen molar-refractivity contribution in [2.75, 3.05) is 6.54 Å². The lowest BCUT2D eigenvalue weighted by atomic mass is 10.1. The molecule has 108 valence electrons. The number of benzene rings is 1. The molecular formula is C15H19Cl2N3. The molecule has 0 saturated carbocycles. The molecular weight excluding hydrogens is 293 g/mol. The Morgan fingerprint density at radius 3 is 2.55 bits per heavy atom. The van der Waals surface area contributed by atoms with Crippen LogP contribution < -0.4 is 5.73 Å². The van der Waals surface area contributed by atoms with E-state index >= 15 is 0 Å². The van der Waals surface area contributed by atoms with Crippen LogP contribution in [-0.2, 0) is 6.54 Å². The predicted molar refractivity (Wildman–Crippen MR) is 90.3 cm³/mol. The Hall–Kier alpha value is -1.29. The number of para-hydroxylation sites is 1. The van der Waals surface area contributed by atoms with Crippen LogP contribution in [0, 0.1) is 13.8 Å². The Bertz CT molecular complexity index is 735. The van der Waals surface area contributed by atoms with E-state index in [1.807, 2.05) is 6.92 Å². The van der Waals surface area contributed by atoms with Gasteiger partial charge in [0.25, 0.3) is 0 Å². The smallest absolute Gasteiger partial charge is 0.141 e. The van der Waals surface area contributed by atoms with Gasteiger partial charge in [0, 0.05) is 29.6 Å². The quantitative estimate of drug-likeness (QED) is 0.785. The second-order valence-corrected chi connectivity index (χ2v) is 4.74. The summed E-state index contributed by atoms with van der Waals surface area (Å²) in [4.78, 5) is 4.70. The monoisotopic (exact) mass is 311 g/mol. The summed E-state index contributed by atoms with van der Waals surface area (Å²) in [7, 11) is 0. The summed E-state index contributed by atoms with van der Waals surface area (Å²) in [6.45, 7) is 5.62. The van der Waals surface area contributed by atoms with E-state index in [2.05, 4.69) is 41.8 Å². The topological polar surface area (TPSA) is 43.8 Å². The maximum Gasteiger partial charge on any atom is 0.141 e. The Morgan fingerprint density at radius 1 is 1.15 bits per heavy atom. The number of aromatic nitrogens is 2. The molecule has 3 rings (SSSR count). The summed E-state index contributed by atoms with van der Waals surface area (Å²) in [5.41, 5.74) is 10.3. The zero-order valence-corrected chi connectivity index (χ0v) is 13.2. The molecule has 0 aliphatic heterocycles. The molecule has 2 aromatic heterocycles. The molecule has 0 aliphatic carbocycles. The molecule has 20 heavy (non-hydrogen) atoms. The molecule has 2 N–H and O–H groups in total. The highest BCUT2D eigenvalue weighted by Crippen LogP contribution is 2.30. The fourth-order valence-corrected chi connectivity index (χ4v) is 2.74. The molecule has 0 radical (unpaired) electrons. The van der Waals surface area contributed by atoms with Gasteiger partial charge in [-0.15, -0.1) is 24.8 Å². The number of hydrogen-bond donors (Lipinski definition) is 1. The highest BCUT2D eigenvalue weighted by Gasteiger charge is 2.13. The van der Waals surface area contributed by atoms with Gasteiger partial charge in [0.05, 0.1) is 5.52 Å². The fourth-order valence-electron chi connectivity index (χ4n) is 2.74. The van der Waals surface area contributed by atoms with Crippen molar-refractivity contribution >= 4 is 46.8 Å². The largest absolute Gasteiger partial charge is 0.329 e. The van der Waals surface area contributed by atoms with Crippen molar-refractivity contribution in [2.45, 2.75) is 20.4 Å². The van der Waals surface area contributed by atoms with Crippen LogP contribution in [0.5, 0.6) is 0 Å². The summed E-state index contributed by atoms with van der Waals surface area (Å²) in [6, 6.07) is 10.6. The van der Waals surface area contributed by atoms with E-state index in [4.69, 9.17) is 10.7 Å². The summed E-state index contributed by atoms with van der Waals surface area (Å²) < 4.78 is 2.23. The van der Waals surface area contributed by atoms with Crippen LogP contribution in [0.1, 0.15) is 11.3 Å². The molecule has 0 atom stereocenters. The summed E-state index contributed by atoms with van der Waals surface area (Å²) in [6.07, 6.45) is 0. The molecule has 0 amide bonds. The number of fused-ring (bicyclic) bond motifs is 3. The minimum absolute atomic E-state index is 0. The summed E-state index contributed by atoms with van der Waals surface area (Å²) in [5, 5.41) is 2.52. The SMILES string of the molecule is Cc1cc(C)c2c3ccccc3n(CCN)c2n1.Cl.Cl. The molecule has 5 heteroatoms. The predicted octanol–water partition coefficient (Wildman–Crippen LogP) is 3.61. The summed E-state index contributed by atoms with van der Waals surface area (Å²) >= 11 is 0. The van der Waals surface area contributed by atoms with Crippen LogP contribution in [0.25, 0.3) is 21.9 Å². The molecule has 2 heterocycles. The van der Waals surface area contributed by atoms with E-state index in [9.17, 15) is 0 Å². The van der Waals surface area contributed by atoms with Gasteiger partial charge in [0.15, 0.2) is 0 Å². The van der Waals surface area contributed by atoms with Crippen LogP contribution in [0.2, 0.25) is 0 Å². The normalized spacial score (nSPS) is 10.3. The van der Waals surface area contributed by atoms with Crippen molar-refractivity contribution in [1.82, 2.24) is 9.55 Å². The average molecular weight is 312 g/mol. The van der Waals surface area contributed by atoms with Gasteiger partial charge in [0.1, 0.15) is 5.65 Å². The molecule has 0 fully saturated rings. The minimum atomic E-state index is 0. The van der Waals surface area contributed by atoms with Gasteiger partial charge in [-0.3, -0.25) is 0 Å². The van der Waals surface area contributed by atoms with Crippen LogP contribution in [0.15, 0.2) is 30.3 Å². The first-order valence-corrected chi connectivity index (χ1v) is 6.27. The number of rotatable bonds is 2. The van der Waals surface area contributed by atoms with Gasteiger partial charge in [-0.2, -0.15) is 0 Å². The zero-order chi connectivity index (χ0) is 12.7. The van der Waals surface area contributed by atoms with Gasteiger partial charge in [-0.05, 0) is 31.5 Å². The van der Waals surface area contributed by atoms with Crippen molar-refractivity contribution in [2.24, 2.45) is 5.73 Å². The third-order valence-corrected chi connectivity index (χ3v) is 3.40. The van der Waals surface area contributed by atoms with Crippen molar-refractivity contribution in [1.29, 1.82) is 0 Å². The van der Waals surface area contributed by atoms with Crippen molar-refractivity contribution in [3.63, 3.8) is 0 Å². The van der Waals surface area contributed by atoms with E-state index in [1.165, 1.54) is 21.9 Å². The first-order valence-electron chi connectivity index (χ1n) is 6.27. The van der Waals surface area contributed by atoms with E-state index in [0.717, 1.165) is 17.9 Å².